The Bertz CT molecular complexity index is 1190. The van der Waals surface area contributed by atoms with E-state index in [2.05, 4.69) is 30.9 Å². The number of ether oxygens (including phenoxy) is 2. The van der Waals surface area contributed by atoms with Crippen molar-refractivity contribution in [2.24, 2.45) is 0 Å². The van der Waals surface area contributed by atoms with Crippen LogP contribution in [0.2, 0.25) is 0 Å². The molecule has 1 aromatic carbocycles. The van der Waals surface area contributed by atoms with E-state index in [-0.39, 0.29) is 18.4 Å². The number of carbonyl (C=O) groups excluding carboxylic acids is 1. The zero-order valence-corrected chi connectivity index (χ0v) is 22.1. The lowest BCUT2D eigenvalue weighted by Crippen LogP contribution is -2.22. The predicted molar refractivity (Wildman–Crippen MR) is 139 cm³/mol. The molecule has 0 aliphatic carbocycles. The molecule has 0 aliphatic heterocycles. The van der Waals surface area contributed by atoms with Crippen molar-refractivity contribution < 1.29 is 23.0 Å². The molecule has 2 heterocycles. The molecule has 0 aliphatic rings. The van der Waals surface area contributed by atoms with Crippen LogP contribution >= 0.6 is 11.3 Å². The lowest BCUT2D eigenvalue weighted by Gasteiger charge is -2.16. The number of nitrogens with zero attached hydrogens (tertiary/aromatic N) is 3. The number of nitrogens with one attached hydrogen (secondary N) is 3. The predicted octanol–water partition coefficient (Wildman–Crippen LogP) is 3.60. The van der Waals surface area contributed by atoms with Gasteiger partial charge >= 0.3 is 5.97 Å². The number of rotatable bonds is 13. The lowest BCUT2D eigenvalue weighted by molar-refractivity contribution is 0.0531. The summed E-state index contributed by atoms with van der Waals surface area (Å²) < 4.78 is 32.1. The highest BCUT2D eigenvalue weighted by molar-refractivity contribution is 7.78. The molecule has 0 radical (unpaired) electrons. The Morgan fingerprint density at radius 2 is 1.86 bits per heavy atom. The van der Waals surface area contributed by atoms with Crippen LogP contribution in [0.15, 0.2) is 30.3 Å². The van der Waals surface area contributed by atoms with Gasteiger partial charge in [0.15, 0.2) is 5.13 Å². The number of aromatic nitrogens is 3. The third-order valence-electron chi connectivity index (χ3n) is 4.79. The number of carbonyl (C=O) groups is 1. The molecule has 194 valence electrons. The van der Waals surface area contributed by atoms with E-state index in [4.69, 9.17) is 9.47 Å². The van der Waals surface area contributed by atoms with E-state index in [0.29, 0.717) is 46.4 Å². The minimum Gasteiger partial charge on any atom is -0.772 e. The van der Waals surface area contributed by atoms with Crippen molar-refractivity contribution >= 4 is 51.1 Å². The number of benzene rings is 1. The molecule has 13 heteroatoms. The highest BCUT2D eigenvalue weighted by Crippen LogP contribution is 2.26. The van der Waals surface area contributed by atoms with Gasteiger partial charge in [-0.2, -0.15) is 9.97 Å². The number of hydrogen-bond acceptors (Lipinski definition) is 12. The summed E-state index contributed by atoms with van der Waals surface area (Å²) in [7, 11) is 1.63. The molecule has 3 N–H and O–H groups in total. The summed E-state index contributed by atoms with van der Waals surface area (Å²) in [5, 5.41) is 10.1. The third-order valence-corrected chi connectivity index (χ3v) is 6.42. The fourth-order valence-corrected chi connectivity index (χ4v) is 4.54. The number of hydrogen-bond donors (Lipinski definition) is 3. The number of esters is 1. The van der Waals surface area contributed by atoms with E-state index in [1.807, 2.05) is 19.1 Å². The molecule has 3 rings (SSSR count). The van der Waals surface area contributed by atoms with Crippen molar-refractivity contribution in [1.82, 2.24) is 15.0 Å². The van der Waals surface area contributed by atoms with E-state index in [1.54, 1.807) is 39.2 Å². The molecular weight excluding hydrogens is 504 g/mol. The minimum absolute atomic E-state index is 0.00207. The quantitative estimate of drug-likeness (QED) is 0.218. The highest BCUT2D eigenvalue weighted by atomic mass is 32.2. The Morgan fingerprint density at radius 1 is 1.17 bits per heavy atom. The van der Waals surface area contributed by atoms with Crippen LogP contribution in [0, 0.1) is 6.92 Å². The Morgan fingerprint density at radius 3 is 2.53 bits per heavy atom. The van der Waals surface area contributed by atoms with Gasteiger partial charge in [0.05, 0.1) is 18.9 Å². The van der Waals surface area contributed by atoms with Crippen molar-refractivity contribution in [2.75, 3.05) is 36.3 Å². The molecule has 0 bridgehead atoms. The van der Waals surface area contributed by atoms with Crippen LogP contribution in [-0.4, -0.2) is 56.0 Å². The second-order valence-corrected chi connectivity index (χ2v) is 9.76. The van der Waals surface area contributed by atoms with Gasteiger partial charge in [-0.3, -0.25) is 9.53 Å². The first-order chi connectivity index (χ1) is 17.3. The molecule has 11 nitrogen and oxygen atoms in total. The molecule has 0 saturated heterocycles. The topological polar surface area (TPSA) is 150 Å². The first-order valence-corrected chi connectivity index (χ1v) is 13.3. The fraction of sp³-hybridized carbons (Fsp3) is 0.391. The maximum Gasteiger partial charge on any atom is 0.350 e. The molecule has 0 amide bonds. The zero-order chi connectivity index (χ0) is 26.1. The van der Waals surface area contributed by atoms with Gasteiger partial charge in [-0.1, -0.05) is 46.7 Å². The molecule has 2 unspecified atom stereocenters. The van der Waals surface area contributed by atoms with Crippen molar-refractivity contribution in [3.8, 4) is 0 Å². The second kappa shape index (κ2) is 13.3. The maximum absolute atomic E-state index is 12.1. The summed E-state index contributed by atoms with van der Waals surface area (Å²) in [5.74, 6) is 0.997. The van der Waals surface area contributed by atoms with E-state index in [1.165, 1.54) is 11.3 Å². The first kappa shape index (κ1) is 27.5. The largest absolute Gasteiger partial charge is 0.772 e. The molecular formula is C23H29N6O5S2-. The van der Waals surface area contributed by atoms with Gasteiger partial charge < -0.3 is 24.7 Å². The number of anilines is 4. The van der Waals surface area contributed by atoms with E-state index in [0.717, 1.165) is 11.1 Å². The van der Waals surface area contributed by atoms with Gasteiger partial charge in [-0.05, 0) is 31.9 Å². The van der Waals surface area contributed by atoms with Crippen molar-refractivity contribution in [3.63, 3.8) is 0 Å². The molecule has 2 atom stereocenters. The zero-order valence-electron chi connectivity index (χ0n) is 20.5. The van der Waals surface area contributed by atoms with Gasteiger partial charge in [-0.15, -0.1) is 0 Å². The standard InChI is InChI=1S/C23H30N6O5S2/c1-5-34-21(30)20-15(3)26-23(35-20)29-22-27-18(10-19(28-22)25-14(2)12-33-4)24-11-16-6-8-17(9-7-16)13-36(31)32/h6-10,14H,5,11-13H2,1-4H3,(H,31,32)(H3,24,25,26,27,28,29)/p-1. The summed E-state index contributed by atoms with van der Waals surface area (Å²) in [6, 6.07) is 9.08. The van der Waals surface area contributed by atoms with Crippen LogP contribution in [0.3, 0.4) is 0 Å². The third kappa shape index (κ3) is 8.22. The van der Waals surface area contributed by atoms with Gasteiger partial charge in [0.1, 0.15) is 16.5 Å². The SMILES string of the molecule is CCOC(=O)c1sc(Nc2nc(NCc3ccc(CS(=O)[O-])cc3)cc(NC(C)COC)n2)nc1C. The second-order valence-electron chi connectivity index (χ2n) is 7.86. The Balaban J connectivity index is 1.78. The first-order valence-electron chi connectivity index (χ1n) is 11.2. The van der Waals surface area contributed by atoms with Gasteiger partial charge in [0, 0.05) is 31.5 Å². The Labute approximate surface area is 216 Å². The van der Waals surface area contributed by atoms with Crippen LogP contribution in [0.4, 0.5) is 22.7 Å². The van der Waals surface area contributed by atoms with Crippen molar-refractivity contribution in [2.45, 2.75) is 39.1 Å². The van der Waals surface area contributed by atoms with Gasteiger partial charge in [0.25, 0.3) is 0 Å². The Kier molecular flexibility index (Phi) is 10.1. The average molecular weight is 534 g/mol. The molecule has 0 spiro atoms. The minimum atomic E-state index is -2.13. The normalized spacial score (nSPS) is 12.6. The smallest absolute Gasteiger partial charge is 0.350 e. The van der Waals surface area contributed by atoms with Crippen molar-refractivity contribution in [3.05, 3.63) is 52.0 Å². The van der Waals surface area contributed by atoms with E-state index in [9.17, 15) is 13.6 Å². The Hall–Kier alpha value is -3.13. The molecule has 0 fully saturated rings. The summed E-state index contributed by atoms with van der Waals surface area (Å²) in [6.45, 7) is 6.70. The molecule has 3 aromatic rings. The number of thiazole rings is 1. The van der Waals surface area contributed by atoms with Crippen molar-refractivity contribution in [1.29, 1.82) is 0 Å². The van der Waals surface area contributed by atoms with Crippen LogP contribution in [0.5, 0.6) is 0 Å². The van der Waals surface area contributed by atoms with Crippen LogP contribution < -0.4 is 16.0 Å². The fourth-order valence-electron chi connectivity index (χ4n) is 3.23. The van der Waals surface area contributed by atoms with E-state index < -0.39 is 17.0 Å². The monoisotopic (exact) mass is 533 g/mol. The summed E-state index contributed by atoms with van der Waals surface area (Å²) in [6.07, 6.45) is 0. The highest BCUT2D eigenvalue weighted by Gasteiger charge is 2.17. The summed E-state index contributed by atoms with van der Waals surface area (Å²) in [4.78, 5) is 26.0. The summed E-state index contributed by atoms with van der Waals surface area (Å²) >= 11 is -0.955. The molecule has 36 heavy (non-hydrogen) atoms. The maximum atomic E-state index is 12.1. The van der Waals surface area contributed by atoms with Gasteiger partial charge in [-0.25, -0.2) is 9.78 Å². The van der Waals surface area contributed by atoms with Crippen LogP contribution in [0.25, 0.3) is 0 Å². The molecule has 0 saturated carbocycles. The molecule has 2 aromatic heterocycles. The number of aryl methyl sites for hydroxylation is 1. The van der Waals surface area contributed by atoms with Crippen LogP contribution in [0.1, 0.15) is 40.3 Å². The summed E-state index contributed by atoms with van der Waals surface area (Å²) in [5.41, 5.74) is 2.24. The lowest BCUT2D eigenvalue weighted by atomic mass is 10.1. The van der Waals surface area contributed by atoms with Gasteiger partial charge in [0.2, 0.25) is 5.95 Å². The van der Waals surface area contributed by atoms with Crippen LogP contribution in [-0.2, 0) is 32.9 Å². The average Bonchev–Trinajstić information content (AvgIpc) is 3.18. The van der Waals surface area contributed by atoms with E-state index >= 15 is 0 Å². The number of methoxy groups -OCH3 is 1.